The van der Waals surface area contributed by atoms with Crippen LogP contribution in [-0.4, -0.2) is 32.1 Å². The van der Waals surface area contributed by atoms with E-state index in [1.54, 1.807) is 19.1 Å². The Balaban J connectivity index is 1.50. The lowest BCUT2D eigenvalue weighted by atomic mass is 10.0. The third kappa shape index (κ3) is 5.90. The number of hydrazone groups is 1. The highest BCUT2D eigenvalue weighted by molar-refractivity contribution is 7.87. The van der Waals surface area contributed by atoms with Crippen molar-refractivity contribution in [3.8, 4) is 11.5 Å². The predicted molar refractivity (Wildman–Crippen MR) is 138 cm³/mol. The van der Waals surface area contributed by atoms with Gasteiger partial charge in [0.15, 0.2) is 11.5 Å². The van der Waals surface area contributed by atoms with Gasteiger partial charge in [-0.2, -0.15) is 13.5 Å². The number of amides is 1. The van der Waals surface area contributed by atoms with Crippen LogP contribution in [0.4, 0.5) is 5.69 Å². The summed E-state index contributed by atoms with van der Waals surface area (Å²) in [4.78, 5) is 22.6. The number of carbonyl (C=O) groups is 1. The molecule has 0 saturated heterocycles. The molecule has 0 saturated carbocycles. The zero-order valence-corrected chi connectivity index (χ0v) is 20.3. The molecule has 0 aliphatic heterocycles. The summed E-state index contributed by atoms with van der Waals surface area (Å²) in [5.74, 6) is -0.318. The van der Waals surface area contributed by atoms with Crippen molar-refractivity contribution in [3.05, 3.63) is 106 Å². The maximum atomic E-state index is 12.7. The number of nitrogens with zero attached hydrogens (tertiary/aromatic N) is 2. The Labute approximate surface area is 212 Å². The number of nitrogens with one attached hydrogen (secondary N) is 1. The summed E-state index contributed by atoms with van der Waals surface area (Å²) in [7, 11) is -4.28. The first-order chi connectivity index (χ1) is 17.8. The van der Waals surface area contributed by atoms with Crippen molar-refractivity contribution in [3.63, 3.8) is 0 Å². The minimum atomic E-state index is -4.28. The van der Waals surface area contributed by atoms with Crippen LogP contribution in [0.15, 0.2) is 94.9 Å². The Morgan fingerprint density at radius 2 is 1.73 bits per heavy atom. The van der Waals surface area contributed by atoms with Crippen molar-refractivity contribution in [2.24, 2.45) is 5.10 Å². The van der Waals surface area contributed by atoms with E-state index in [-0.39, 0.29) is 34.6 Å². The van der Waals surface area contributed by atoms with Crippen molar-refractivity contribution >= 4 is 38.7 Å². The largest absolute Gasteiger partial charge is 0.490 e. The maximum absolute atomic E-state index is 12.7. The standard InChI is InChI=1S/C26H21N3O7S/c1-2-35-25-16-18(17-27-28-26(30)23-9-5-7-19-6-3-4-8-22(19)23)10-15-24(25)36-37(33,34)21-13-11-20(12-14-21)29(31)32/h3-17H,2H2,1H3,(H,28,30)/b27-17+. The topological polar surface area (TPSA) is 137 Å². The zero-order chi connectivity index (χ0) is 26.4. The highest BCUT2D eigenvalue weighted by Gasteiger charge is 2.21. The molecule has 4 rings (SSSR count). The molecule has 0 aromatic heterocycles. The minimum Gasteiger partial charge on any atom is -0.490 e. The van der Waals surface area contributed by atoms with E-state index in [1.165, 1.54) is 24.4 Å². The Bertz CT molecular complexity index is 1600. The molecule has 0 heterocycles. The molecule has 0 aliphatic carbocycles. The van der Waals surface area contributed by atoms with Crippen LogP contribution in [0.1, 0.15) is 22.8 Å². The maximum Gasteiger partial charge on any atom is 0.339 e. The molecule has 10 nitrogen and oxygen atoms in total. The Kier molecular flexibility index (Phi) is 7.44. The summed E-state index contributed by atoms with van der Waals surface area (Å²) in [5.41, 5.74) is 3.24. The molecule has 37 heavy (non-hydrogen) atoms. The number of ether oxygens (including phenoxy) is 1. The molecule has 4 aromatic rings. The number of fused-ring (bicyclic) bond motifs is 1. The number of hydrogen-bond donors (Lipinski definition) is 1. The van der Waals surface area contributed by atoms with E-state index < -0.39 is 15.0 Å². The molecule has 0 bridgehead atoms. The first-order valence-electron chi connectivity index (χ1n) is 11.1. The van der Waals surface area contributed by atoms with Gasteiger partial charge in [0, 0.05) is 17.7 Å². The summed E-state index contributed by atoms with van der Waals surface area (Å²) >= 11 is 0. The van der Waals surface area contributed by atoms with Gasteiger partial charge >= 0.3 is 10.1 Å². The van der Waals surface area contributed by atoms with Crippen LogP contribution in [0, 0.1) is 10.1 Å². The fourth-order valence-electron chi connectivity index (χ4n) is 3.49. The lowest BCUT2D eigenvalue weighted by Gasteiger charge is -2.12. The molecule has 0 aliphatic rings. The van der Waals surface area contributed by atoms with Crippen LogP contribution in [0.5, 0.6) is 11.5 Å². The Morgan fingerprint density at radius 3 is 2.46 bits per heavy atom. The third-order valence-corrected chi connectivity index (χ3v) is 6.47. The average Bonchev–Trinajstić information content (AvgIpc) is 2.89. The molecule has 4 aromatic carbocycles. The van der Waals surface area contributed by atoms with Crippen LogP contribution in [0.25, 0.3) is 10.8 Å². The second-order valence-electron chi connectivity index (χ2n) is 7.65. The molecular formula is C26H21N3O7S. The quantitative estimate of drug-likeness (QED) is 0.147. The van der Waals surface area contributed by atoms with Crippen LogP contribution >= 0.6 is 0 Å². The smallest absolute Gasteiger partial charge is 0.339 e. The van der Waals surface area contributed by atoms with E-state index >= 15 is 0 Å². The van der Waals surface area contributed by atoms with Gasteiger partial charge in [0.25, 0.3) is 11.6 Å². The van der Waals surface area contributed by atoms with E-state index in [0.717, 1.165) is 35.0 Å². The van der Waals surface area contributed by atoms with Crippen LogP contribution < -0.4 is 14.3 Å². The second-order valence-corrected chi connectivity index (χ2v) is 9.20. The fraction of sp³-hybridized carbons (Fsp3) is 0.0769. The molecule has 0 radical (unpaired) electrons. The molecule has 0 spiro atoms. The van der Waals surface area contributed by atoms with Crippen molar-refractivity contribution in [2.75, 3.05) is 6.61 Å². The summed E-state index contributed by atoms with van der Waals surface area (Å²) in [5, 5.41) is 16.5. The van der Waals surface area contributed by atoms with Crippen LogP contribution in [0.3, 0.4) is 0 Å². The number of rotatable bonds is 9. The fourth-order valence-corrected chi connectivity index (χ4v) is 4.43. The normalized spacial score (nSPS) is 11.4. The van der Waals surface area contributed by atoms with E-state index in [1.807, 2.05) is 30.3 Å². The highest BCUT2D eigenvalue weighted by Crippen LogP contribution is 2.31. The van der Waals surface area contributed by atoms with Gasteiger partial charge < -0.3 is 8.92 Å². The van der Waals surface area contributed by atoms with Crippen molar-refractivity contribution in [1.29, 1.82) is 0 Å². The number of carbonyl (C=O) groups excluding carboxylic acids is 1. The number of nitro groups is 1. The van der Waals surface area contributed by atoms with Gasteiger partial charge in [0.2, 0.25) is 0 Å². The molecule has 0 fully saturated rings. The van der Waals surface area contributed by atoms with E-state index in [4.69, 9.17) is 8.92 Å². The first-order valence-corrected chi connectivity index (χ1v) is 12.5. The van der Waals surface area contributed by atoms with Crippen LogP contribution in [0.2, 0.25) is 0 Å². The molecule has 0 atom stereocenters. The molecule has 11 heteroatoms. The molecule has 1 N–H and O–H groups in total. The van der Waals surface area contributed by atoms with Gasteiger partial charge in [-0.25, -0.2) is 5.43 Å². The highest BCUT2D eigenvalue weighted by atomic mass is 32.2. The van der Waals surface area contributed by atoms with E-state index in [9.17, 15) is 23.3 Å². The SMILES string of the molecule is CCOc1cc(/C=N/NC(=O)c2cccc3ccccc23)ccc1OS(=O)(=O)c1ccc([N+](=O)[O-])cc1. The molecule has 188 valence electrons. The summed E-state index contributed by atoms with van der Waals surface area (Å²) < 4.78 is 36.1. The van der Waals surface area contributed by atoms with Gasteiger partial charge in [-0.05, 0) is 59.7 Å². The van der Waals surface area contributed by atoms with Gasteiger partial charge in [0.05, 0.1) is 17.7 Å². The molecular weight excluding hydrogens is 498 g/mol. The van der Waals surface area contributed by atoms with E-state index in [0.29, 0.717) is 11.1 Å². The lowest BCUT2D eigenvalue weighted by Crippen LogP contribution is -2.17. The van der Waals surface area contributed by atoms with Gasteiger partial charge in [-0.3, -0.25) is 14.9 Å². The number of benzene rings is 4. The zero-order valence-electron chi connectivity index (χ0n) is 19.5. The Hall–Kier alpha value is -4.77. The summed E-state index contributed by atoms with van der Waals surface area (Å²) in [6.07, 6.45) is 1.39. The van der Waals surface area contributed by atoms with Crippen LogP contribution in [-0.2, 0) is 10.1 Å². The molecule has 1 amide bonds. The van der Waals surface area contributed by atoms with Gasteiger partial charge in [-0.15, -0.1) is 0 Å². The second kappa shape index (κ2) is 10.9. The van der Waals surface area contributed by atoms with Gasteiger partial charge in [-0.1, -0.05) is 36.4 Å². The van der Waals surface area contributed by atoms with Crippen molar-refractivity contribution in [2.45, 2.75) is 11.8 Å². The average molecular weight is 520 g/mol. The first kappa shape index (κ1) is 25.3. The summed E-state index contributed by atoms with van der Waals surface area (Å²) in [6, 6.07) is 21.7. The van der Waals surface area contributed by atoms with Crippen molar-refractivity contribution < 1.29 is 27.1 Å². The van der Waals surface area contributed by atoms with Crippen molar-refractivity contribution in [1.82, 2.24) is 5.43 Å². The predicted octanol–water partition coefficient (Wildman–Crippen LogP) is 4.68. The monoisotopic (exact) mass is 519 g/mol. The lowest BCUT2D eigenvalue weighted by molar-refractivity contribution is -0.384. The molecule has 0 unspecified atom stereocenters. The summed E-state index contributed by atoms with van der Waals surface area (Å²) in [6.45, 7) is 1.95. The number of non-ortho nitro benzene ring substituents is 1. The third-order valence-electron chi connectivity index (χ3n) is 5.22. The minimum absolute atomic E-state index is 0.0721. The Morgan fingerprint density at radius 1 is 1.00 bits per heavy atom. The number of hydrogen-bond acceptors (Lipinski definition) is 8. The number of nitro benzene ring substituents is 1. The van der Waals surface area contributed by atoms with Gasteiger partial charge in [0.1, 0.15) is 4.90 Å². The van der Waals surface area contributed by atoms with E-state index in [2.05, 4.69) is 10.5 Å².